The number of hydrogen-bond donors (Lipinski definition) is 1. The number of nitrogens with one attached hydrogen (secondary N) is 1. The summed E-state index contributed by atoms with van der Waals surface area (Å²) in [6.07, 6.45) is 1.08. The van der Waals surface area contributed by atoms with Crippen molar-refractivity contribution in [1.29, 1.82) is 0 Å². The first-order valence-corrected chi connectivity index (χ1v) is 9.85. The predicted octanol–water partition coefficient (Wildman–Crippen LogP) is 2.76. The molecular weight excluding hydrogens is 322 g/mol. The second-order valence-corrected chi connectivity index (χ2v) is 8.43. The summed E-state index contributed by atoms with van der Waals surface area (Å²) in [6.45, 7) is 3.31. The lowest BCUT2D eigenvalue weighted by Gasteiger charge is -2.27. The van der Waals surface area contributed by atoms with E-state index in [-0.39, 0.29) is 12.0 Å². The van der Waals surface area contributed by atoms with E-state index in [1.807, 2.05) is 67.6 Å². The van der Waals surface area contributed by atoms with Gasteiger partial charge in [-0.25, -0.2) is 8.42 Å². The molecular formula is C19H23NO3S. The Labute approximate surface area is 143 Å². The molecule has 0 fully saturated rings. The van der Waals surface area contributed by atoms with Crippen molar-refractivity contribution in [3.8, 4) is 0 Å². The minimum atomic E-state index is -3.41. The molecule has 5 heteroatoms. The van der Waals surface area contributed by atoms with Gasteiger partial charge in [-0.2, -0.15) is 0 Å². The number of carbonyl (C=O) groups excluding carboxylic acids is 1. The number of benzene rings is 2. The fraction of sp³-hybridized carbons (Fsp3) is 0.316. The molecule has 128 valence electrons. The smallest absolute Gasteiger partial charge is 0.238 e. The average Bonchev–Trinajstić information content (AvgIpc) is 2.55. The molecule has 4 nitrogen and oxygen atoms in total. The maximum atomic E-state index is 12.3. The van der Waals surface area contributed by atoms with Crippen LogP contribution < -0.4 is 5.32 Å². The zero-order valence-corrected chi connectivity index (χ0v) is 15.0. The van der Waals surface area contributed by atoms with E-state index < -0.39 is 21.0 Å². The van der Waals surface area contributed by atoms with Crippen molar-refractivity contribution < 1.29 is 13.2 Å². The highest BCUT2D eigenvalue weighted by Gasteiger charge is 2.28. The molecule has 24 heavy (non-hydrogen) atoms. The third kappa shape index (κ3) is 4.45. The minimum Gasteiger partial charge on any atom is -0.352 e. The molecule has 0 saturated carbocycles. The molecule has 0 bridgehead atoms. The molecule has 1 amide bonds. The number of carbonyl (C=O) groups is 1. The first-order valence-electron chi connectivity index (χ1n) is 7.90. The normalized spacial score (nSPS) is 14.2. The molecule has 0 radical (unpaired) electrons. The molecule has 0 aliphatic rings. The third-order valence-electron chi connectivity index (χ3n) is 4.20. The summed E-state index contributed by atoms with van der Waals surface area (Å²) in [7, 11) is -3.41. The minimum absolute atomic E-state index is 0.0527. The van der Waals surface area contributed by atoms with Crippen molar-refractivity contribution in [2.75, 3.05) is 6.26 Å². The van der Waals surface area contributed by atoms with E-state index >= 15 is 0 Å². The van der Waals surface area contributed by atoms with Crippen LogP contribution in [0.1, 0.15) is 30.9 Å². The first-order chi connectivity index (χ1) is 11.3. The molecule has 1 N–H and O–H groups in total. The van der Waals surface area contributed by atoms with Crippen LogP contribution in [0.15, 0.2) is 60.7 Å². The fourth-order valence-corrected chi connectivity index (χ4v) is 3.17. The first kappa shape index (κ1) is 18.2. The van der Waals surface area contributed by atoms with Crippen molar-refractivity contribution in [2.45, 2.75) is 31.1 Å². The molecule has 0 unspecified atom stereocenters. The van der Waals surface area contributed by atoms with Gasteiger partial charge in [-0.05, 0) is 25.0 Å². The molecule has 2 aromatic carbocycles. The zero-order chi connectivity index (χ0) is 17.7. The van der Waals surface area contributed by atoms with E-state index in [1.54, 1.807) is 0 Å². The number of rotatable bonds is 6. The van der Waals surface area contributed by atoms with E-state index in [1.165, 1.54) is 6.92 Å². The molecule has 0 saturated heterocycles. The van der Waals surface area contributed by atoms with Crippen molar-refractivity contribution in [2.24, 2.45) is 0 Å². The van der Waals surface area contributed by atoms with Crippen LogP contribution >= 0.6 is 0 Å². The molecule has 0 aromatic heterocycles. The summed E-state index contributed by atoms with van der Waals surface area (Å²) in [4.78, 5) is 12.3. The predicted molar refractivity (Wildman–Crippen MR) is 96.6 cm³/mol. The Balaban J connectivity index is 2.30. The molecule has 0 heterocycles. The van der Waals surface area contributed by atoms with E-state index in [2.05, 4.69) is 5.32 Å². The Bertz CT molecular complexity index is 733. The molecule has 0 aliphatic heterocycles. The Morgan fingerprint density at radius 2 is 1.29 bits per heavy atom. The molecule has 2 atom stereocenters. The summed E-state index contributed by atoms with van der Waals surface area (Å²) >= 11 is 0. The molecule has 2 rings (SSSR count). The largest absolute Gasteiger partial charge is 0.352 e. The third-order valence-corrected chi connectivity index (χ3v) is 5.70. The SMILES string of the molecule is C[C@H](NC(=O)[C@@H](C)S(C)(=O)=O)C(c1ccccc1)c1ccccc1. The van der Waals surface area contributed by atoms with Gasteiger partial charge in [0.15, 0.2) is 9.84 Å². The topological polar surface area (TPSA) is 63.2 Å². The maximum Gasteiger partial charge on any atom is 0.238 e. The highest BCUT2D eigenvalue weighted by atomic mass is 32.2. The van der Waals surface area contributed by atoms with Crippen molar-refractivity contribution >= 4 is 15.7 Å². The van der Waals surface area contributed by atoms with Gasteiger partial charge in [-0.3, -0.25) is 4.79 Å². The quantitative estimate of drug-likeness (QED) is 0.875. The lowest BCUT2D eigenvalue weighted by molar-refractivity contribution is -0.121. The summed E-state index contributed by atoms with van der Waals surface area (Å²) in [5, 5.41) is 1.80. The van der Waals surface area contributed by atoms with Gasteiger partial charge in [0.25, 0.3) is 0 Å². The molecule has 0 spiro atoms. The zero-order valence-electron chi connectivity index (χ0n) is 14.1. The van der Waals surface area contributed by atoms with Gasteiger partial charge in [0, 0.05) is 18.2 Å². The van der Waals surface area contributed by atoms with Crippen molar-refractivity contribution in [3.05, 3.63) is 71.8 Å². The van der Waals surface area contributed by atoms with Gasteiger partial charge >= 0.3 is 0 Å². The lowest BCUT2D eigenvalue weighted by Crippen LogP contribution is -2.44. The van der Waals surface area contributed by atoms with Crippen LogP contribution in [-0.4, -0.2) is 31.9 Å². The highest BCUT2D eigenvalue weighted by Crippen LogP contribution is 2.28. The molecule has 2 aromatic rings. The summed E-state index contributed by atoms with van der Waals surface area (Å²) in [5.74, 6) is -0.523. The number of hydrogen-bond acceptors (Lipinski definition) is 3. The van der Waals surface area contributed by atoms with Crippen LogP contribution in [0.4, 0.5) is 0 Å². The number of amides is 1. The highest BCUT2D eigenvalue weighted by molar-refractivity contribution is 7.92. The van der Waals surface area contributed by atoms with Crippen LogP contribution in [0.5, 0.6) is 0 Å². The maximum absolute atomic E-state index is 12.3. The van der Waals surface area contributed by atoms with Gasteiger partial charge in [-0.1, -0.05) is 60.7 Å². The van der Waals surface area contributed by atoms with E-state index in [0.717, 1.165) is 17.4 Å². The van der Waals surface area contributed by atoms with Gasteiger partial charge in [0.2, 0.25) is 5.91 Å². The second kappa shape index (κ2) is 7.62. The Morgan fingerprint density at radius 3 is 1.67 bits per heavy atom. The van der Waals surface area contributed by atoms with Gasteiger partial charge in [-0.15, -0.1) is 0 Å². The average molecular weight is 345 g/mol. The van der Waals surface area contributed by atoms with Crippen LogP contribution in [0.3, 0.4) is 0 Å². The van der Waals surface area contributed by atoms with E-state index in [0.29, 0.717) is 0 Å². The Hall–Kier alpha value is -2.14. The second-order valence-electron chi connectivity index (χ2n) is 6.07. The van der Waals surface area contributed by atoms with Crippen LogP contribution in [0.2, 0.25) is 0 Å². The monoisotopic (exact) mass is 345 g/mol. The van der Waals surface area contributed by atoms with Crippen LogP contribution in [0.25, 0.3) is 0 Å². The fourth-order valence-electron chi connectivity index (χ4n) is 2.71. The molecule has 0 aliphatic carbocycles. The Morgan fingerprint density at radius 1 is 0.875 bits per heavy atom. The van der Waals surface area contributed by atoms with E-state index in [4.69, 9.17) is 0 Å². The van der Waals surface area contributed by atoms with E-state index in [9.17, 15) is 13.2 Å². The van der Waals surface area contributed by atoms with Gasteiger partial charge < -0.3 is 5.32 Å². The lowest BCUT2D eigenvalue weighted by atomic mass is 9.86. The van der Waals surface area contributed by atoms with Gasteiger partial charge in [0.1, 0.15) is 5.25 Å². The van der Waals surface area contributed by atoms with Crippen molar-refractivity contribution in [3.63, 3.8) is 0 Å². The summed E-state index contributed by atoms with van der Waals surface area (Å²) < 4.78 is 23.2. The van der Waals surface area contributed by atoms with Crippen LogP contribution in [-0.2, 0) is 14.6 Å². The summed E-state index contributed by atoms with van der Waals surface area (Å²) in [6, 6.07) is 19.5. The van der Waals surface area contributed by atoms with Gasteiger partial charge in [0.05, 0.1) is 0 Å². The number of sulfone groups is 1. The Kier molecular flexibility index (Phi) is 5.78. The summed E-state index contributed by atoms with van der Waals surface area (Å²) in [5.41, 5.74) is 2.15. The standard InChI is InChI=1S/C19H23NO3S/c1-14(20-19(21)15(2)24(3,22)23)18(16-10-6-4-7-11-16)17-12-8-5-9-13-17/h4-15,18H,1-3H3,(H,20,21)/t14-,15+/m0/s1. The van der Waals surface area contributed by atoms with Crippen molar-refractivity contribution in [1.82, 2.24) is 5.32 Å². The van der Waals surface area contributed by atoms with Crippen LogP contribution in [0, 0.1) is 0 Å².